The number of rotatable bonds is 14. The Kier molecular flexibility index (Phi) is 15.7. The summed E-state index contributed by atoms with van der Waals surface area (Å²) in [6, 6.07) is -1.91. The van der Waals surface area contributed by atoms with E-state index < -0.39 is 83.8 Å². The average molecular weight is 623 g/mol. The first kappa shape index (κ1) is 36.4. The zero-order valence-corrected chi connectivity index (χ0v) is 25.3. The Bertz CT molecular complexity index is 992. The molecule has 42 heavy (non-hydrogen) atoms. The van der Waals surface area contributed by atoms with E-state index in [0.29, 0.717) is 0 Å². The monoisotopic (exact) mass is 622 g/mol. The first-order valence-electron chi connectivity index (χ1n) is 12.9. The van der Waals surface area contributed by atoms with Crippen LogP contribution in [0.2, 0.25) is 0 Å². The van der Waals surface area contributed by atoms with Crippen molar-refractivity contribution >= 4 is 53.6 Å². The Labute approximate surface area is 247 Å². The van der Waals surface area contributed by atoms with Gasteiger partial charge in [-0.1, -0.05) is 0 Å². The fourth-order valence-corrected chi connectivity index (χ4v) is 4.74. The topological polar surface area (TPSA) is 208 Å². The number of thioether (sulfide) groups is 1. The van der Waals surface area contributed by atoms with E-state index in [0.717, 1.165) is 32.5 Å². The van der Waals surface area contributed by atoms with Gasteiger partial charge in [-0.2, -0.15) is 0 Å². The summed E-state index contributed by atoms with van der Waals surface area (Å²) in [5, 5.41) is 4.73. The van der Waals surface area contributed by atoms with Crippen LogP contribution >= 0.6 is 11.8 Å². The molecule has 17 heteroatoms. The van der Waals surface area contributed by atoms with Gasteiger partial charge in [0.15, 0.2) is 18.3 Å². The van der Waals surface area contributed by atoms with E-state index in [-0.39, 0.29) is 25.4 Å². The summed E-state index contributed by atoms with van der Waals surface area (Å²) in [4.78, 5) is 82.7. The molecule has 0 bridgehead atoms. The van der Waals surface area contributed by atoms with Crippen LogP contribution in [0.25, 0.3) is 0 Å². The maximum atomic E-state index is 12.1. The van der Waals surface area contributed by atoms with Crippen molar-refractivity contribution in [2.75, 3.05) is 26.1 Å². The number of hydrogen-bond donors (Lipinski definition) is 2. The average Bonchev–Trinajstić information content (AvgIpc) is 2.88. The molecule has 238 valence electrons. The molecular formula is C25H38N2O14S. The molecule has 1 aliphatic heterocycles. The van der Waals surface area contributed by atoms with E-state index in [9.17, 15) is 33.6 Å². The molecule has 0 aliphatic carbocycles. The Balaban J connectivity index is 2.82. The molecule has 0 radical (unpaired) electrons. The molecule has 1 saturated heterocycles. The number of nitrogens with one attached hydrogen (secondary N) is 2. The zero-order valence-electron chi connectivity index (χ0n) is 24.5. The molecule has 7 atom stereocenters. The minimum atomic E-state index is -1.28. The van der Waals surface area contributed by atoms with Gasteiger partial charge in [-0.05, 0) is 26.0 Å². The number of ether oxygens (including phenoxy) is 7. The van der Waals surface area contributed by atoms with Crippen molar-refractivity contribution in [2.24, 2.45) is 0 Å². The summed E-state index contributed by atoms with van der Waals surface area (Å²) in [5.41, 5.74) is -0.958. The van der Waals surface area contributed by atoms with Crippen LogP contribution in [0.3, 0.4) is 0 Å². The number of methoxy groups -OCH3 is 1. The molecule has 1 fully saturated rings. The largest absolute Gasteiger partial charge is 0.467 e. The molecule has 0 saturated carbocycles. The van der Waals surface area contributed by atoms with Crippen LogP contribution in [0.1, 0.15) is 48.0 Å². The van der Waals surface area contributed by atoms with Crippen molar-refractivity contribution in [1.29, 1.82) is 0 Å². The van der Waals surface area contributed by atoms with Crippen molar-refractivity contribution in [1.82, 2.24) is 10.6 Å². The van der Waals surface area contributed by atoms with E-state index >= 15 is 0 Å². The van der Waals surface area contributed by atoms with Gasteiger partial charge in [0.05, 0.1) is 13.7 Å². The Morgan fingerprint density at radius 3 is 1.88 bits per heavy atom. The summed E-state index contributed by atoms with van der Waals surface area (Å²) in [6.45, 7) is 6.98. The van der Waals surface area contributed by atoms with E-state index in [2.05, 4.69) is 15.4 Å². The van der Waals surface area contributed by atoms with Crippen LogP contribution in [0.4, 0.5) is 4.79 Å². The van der Waals surface area contributed by atoms with Crippen molar-refractivity contribution in [2.45, 2.75) is 89.9 Å². The maximum Gasteiger partial charge on any atom is 0.407 e. The van der Waals surface area contributed by atoms with E-state index in [1.165, 1.54) is 27.9 Å². The van der Waals surface area contributed by atoms with Crippen molar-refractivity contribution in [3.8, 4) is 0 Å². The van der Waals surface area contributed by atoms with Gasteiger partial charge < -0.3 is 43.8 Å². The van der Waals surface area contributed by atoms with Crippen molar-refractivity contribution in [3.63, 3.8) is 0 Å². The lowest BCUT2D eigenvalue weighted by atomic mass is 9.99. The van der Waals surface area contributed by atoms with Crippen LogP contribution in [-0.4, -0.2) is 110 Å². The molecule has 0 aromatic rings. The zero-order chi connectivity index (χ0) is 32.0. The number of amides is 2. The lowest BCUT2D eigenvalue weighted by molar-refractivity contribution is -0.237. The standard InChI is InChI=1S/C25H38N2O14S/c1-12(22(32)26-13(2)23(33)35-7)27-25(34)36-9-8-10-42-24-21(40-17(6)31)20(39-16(5)30)19(38-15(4)29)18(41-24)11-37-14(3)28/h12-13,18-21,24H,8-11H2,1-7H3,(H,26,32)(H,27,34)/t12-,13-,18+,19+,20-,21+,24-/m0/s1. The van der Waals surface area contributed by atoms with E-state index in [1.807, 2.05) is 0 Å². The number of carbonyl (C=O) groups is 7. The lowest BCUT2D eigenvalue weighted by Crippen LogP contribution is -2.61. The number of esters is 5. The minimum absolute atomic E-state index is 0.0724. The summed E-state index contributed by atoms with van der Waals surface area (Å²) in [5.74, 6) is -3.81. The number of hydrogen-bond acceptors (Lipinski definition) is 15. The number of alkyl carbamates (subject to hydrolysis) is 1. The fraction of sp³-hybridized carbons (Fsp3) is 0.720. The second kappa shape index (κ2) is 18.0. The normalized spacial score (nSPS) is 22.8. The molecule has 1 heterocycles. The quantitative estimate of drug-likeness (QED) is 0.148. The van der Waals surface area contributed by atoms with Gasteiger partial charge >= 0.3 is 35.9 Å². The van der Waals surface area contributed by atoms with Gasteiger partial charge in [-0.3, -0.25) is 24.0 Å². The van der Waals surface area contributed by atoms with Gasteiger partial charge in [-0.25, -0.2) is 9.59 Å². The van der Waals surface area contributed by atoms with Crippen LogP contribution in [0.15, 0.2) is 0 Å². The maximum absolute atomic E-state index is 12.1. The third-order valence-corrected chi connectivity index (χ3v) is 6.63. The van der Waals surface area contributed by atoms with Gasteiger partial charge in [-0.15, -0.1) is 11.8 Å². The third kappa shape index (κ3) is 12.9. The SMILES string of the molecule is COC(=O)[C@H](C)NC(=O)[C@H](C)NC(=O)OCCCS[C@@H]1O[C@H](COC(C)=O)[C@@H](OC(C)=O)[C@H](OC(C)=O)[C@H]1OC(C)=O. The highest BCUT2D eigenvalue weighted by Gasteiger charge is 2.52. The van der Waals surface area contributed by atoms with Gasteiger partial charge in [0, 0.05) is 27.7 Å². The number of carbonyl (C=O) groups excluding carboxylic acids is 7. The summed E-state index contributed by atoms with van der Waals surface area (Å²) in [6.07, 6.45) is -5.40. The summed E-state index contributed by atoms with van der Waals surface area (Å²) < 4.78 is 36.7. The highest BCUT2D eigenvalue weighted by atomic mass is 32.2. The molecule has 0 spiro atoms. The van der Waals surface area contributed by atoms with Gasteiger partial charge in [0.25, 0.3) is 0 Å². The second-order valence-corrected chi connectivity index (χ2v) is 10.3. The molecule has 2 N–H and O–H groups in total. The molecular weight excluding hydrogens is 584 g/mol. The minimum Gasteiger partial charge on any atom is -0.467 e. The summed E-state index contributed by atoms with van der Waals surface area (Å²) >= 11 is 1.13. The molecule has 0 aromatic carbocycles. The highest BCUT2D eigenvalue weighted by molar-refractivity contribution is 7.99. The van der Waals surface area contributed by atoms with Crippen LogP contribution in [-0.2, 0) is 61.9 Å². The van der Waals surface area contributed by atoms with Crippen molar-refractivity contribution in [3.05, 3.63) is 0 Å². The van der Waals surface area contributed by atoms with Gasteiger partial charge in [0.2, 0.25) is 5.91 Å². The molecule has 0 aromatic heterocycles. The lowest BCUT2D eigenvalue weighted by Gasteiger charge is -2.44. The Morgan fingerprint density at radius 1 is 0.762 bits per heavy atom. The van der Waals surface area contributed by atoms with Gasteiger partial charge in [0.1, 0.15) is 30.2 Å². The Morgan fingerprint density at radius 2 is 1.33 bits per heavy atom. The predicted octanol–water partition coefficient (Wildman–Crippen LogP) is -0.0148. The van der Waals surface area contributed by atoms with Crippen LogP contribution in [0, 0.1) is 0 Å². The molecule has 2 amide bonds. The predicted molar refractivity (Wildman–Crippen MR) is 143 cm³/mol. The Hall–Kier alpha value is -3.60. The second-order valence-electron chi connectivity index (χ2n) is 9.05. The van der Waals surface area contributed by atoms with Crippen molar-refractivity contribution < 1.29 is 66.7 Å². The fourth-order valence-electron chi connectivity index (χ4n) is 3.60. The smallest absolute Gasteiger partial charge is 0.407 e. The molecule has 0 unspecified atom stereocenters. The molecule has 1 rings (SSSR count). The first-order chi connectivity index (χ1) is 19.7. The highest BCUT2D eigenvalue weighted by Crippen LogP contribution is 2.34. The van der Waals surface area contributed by atoms with Crippen LogP contribution in [0.5, 0.6) is 0 Å². The third-order valence-electron chi connectivity index (χ3n) is 5.39. The molecule has 16 nitrogen and oxygen atoms in total. The van der Waals surface area contributed by atoms with E-state index in [4.69, 9.17) is 28.4 Å². The van der Waals surface area contributed by atoms with E-state index in [1.54, 1.807) is 0 Å². The van der Waals surface area contributed by atoms with Crippen LogP contribution < -0.4 is 10.6 Å². The first-order valence-corrected chi connectivity index (χ1v) is 13.9. The molecule has 1 aliphatic rings. The summed E-state index contributed by atoms with van der Waals surface area (Å²) in [7, 11) is 1.18.